The van der Waals surface area contributed by atoms with Gasteiger partial charge in [0.05, 0.1) is 5.02 Å². The van der Waals surface area contributed by atoms with E-state index < -0.39 is 11.8 Å². The van der Waals surface area contributed by atoms with Crippen LogP contribution in [0, 0.1) is 13.8 Å². The SMILES string of the molecule is Cc1cc(NC(=O)CN(C)C(=O)c2oc3c(Cl)cccc3c2C)no1. The largest absolute Gasteiger partial charge is 0.449 e. The van der Waals surface area contributed by atoms with Crippen molar-refractivity contribution in [1.82, 2.24) is 10.1 Å². The third-order valence-electron chi connectivity index (χ3n) is 3.73. The van der Waals surface area contributed by atoms with Crippen molar-refractivity contribution in [3.05, 3.63) is 46.4 Å². The molecular formula is C17H16ClN3O4. The number of amides is 2. The number of aryl methyl sites for hydroxylation is 2. The van der Waals surface area contributed by atoms with Gasteiger partial charge in [0.2, 0.25) is 5.91 Å². The highest BCUT2D eigenvalue weighted by Gasteiger charge is 2.23. The van der Waals surface area contributed by atoms with E-state index >= 15 is 0 Å². The Labute approximate surface area is 148 Å². The summed E-state index contributed by atoms with van der Waals surface area (Å²) in [6, 6.07) is 6.90. The molecule has 0 radical (unpaired) electrons. The van der Waals surface area contributed by atoms with Gasteiger partial charge in [-0.1, -0.05) is 28.9 Å². The average molecular weight is 362 g/mol. The van der Waals surface area contributed by atoms with Crippen molar-refractivity contribution < 1.29 is 18.5 Å². The zero-order valence-electron chi connectivity index (χ0n) is 13.9. The van der Waals surface area contributed by atoms with Gasteiger partial charge >= 0.3 is 0 Å². The molecule has 7 nitrogen and oxygen atoms in total. The summed E-state index contributed by atoms with van der Waals surface area (Å²) in [5.41, 5.74) is 1.14. The molecule has 0 bridgehead atoms. The topological polar surface area (TPSA) is 88.6 Å². The van der Waals surface area contributed by atoms with Gasteiger partial charge in [-0.05, 0) is 19.9 Å². The minimum atomic E-state index is -0.406. The van der Waals surface area contributed by atoms with Gasteiger partial charge in [0.25, 0.3) is 5.91 Å². The lowest BCUT2D eigenvalue weighted by molar-refractivity contribution is -0.116. The monoisotopic (exact) mass is 361 g/mol. The molecule has 0 fully saturated rings. The van der Waals surface area contributed by atoms with E-state index in [4.69, 9.17) is 20.5 Å². The Morgan fingerprint density at radius 1 is 1.32 bits per heavy atom. The molecule has 3 aromatic rings. The predicted molar refractivity (Wildman–Crippen MR) is 92.8 cm³/mol. The predicted octanol–water partition coefficient (Wildman–Crippen LogP) is 3.40. The summed E-state index contributed by atoms with van der Waals surface area (Å²) in [4.78, 5) is 25.9. The summed E-state index contributed by atoms with van der Waals surface area (Å²) in [5.74, 6) is 0.243. The Bertz CT molecular complexity index is 960. The Hall–Kier alpha value is -2.80. The van der Waals surface area contributed by atoms with Gasteiger partial charge < -0.3 is 19.2 Å². The minimum Gasteiger partial charge on any atom is -0.449 e. The smallest absolute Gasteiger partial charge is 0.290 e. The molecule has 130 valence electrons. The normalized spacial score (nSPS) is 10.9. The van der Waals surface area contributed by atoms with Crippen molar-refractivity contribution in [2.45, 2.75) is 13.8 Å². The number of nitrogens with one attached hydrogen (secondary N) is 1. The number of hydrogen-bond donors (Lipinski definition) is 1. The number of rotatable bonds is 4. The molecule has 0 spiro atoms. The summed E-state index contributed by atoms with van der Waals surface area (Å²) in [7, 11) is 1.52. The fourth-order valence-corrected chi connectivity index (χ4v) is 2.69. The van der Waals surface area contributed by atoms with Crippen LogP contribution in [0.4, 0.5) is 5.82 Å². The zero-order chi connectivity index (χ0) is 18.1. The van der Waals surface area contributed by atoms with Crippen LogP contribution in [-0.4, -0.2) is 35.5 Å². The second-order valence-corrected chi connectivity index (χ2v) is 6.11. The molecule has 0 saturated carbocycles. The van der Waals surface area contributed by atoms with Crippen LogP contribution in [-0.2, 0) is 4.79 Å². The van der Waals surface area contributed by atoms with Crippen LogP contribution in [0.25, 0.3) is 11.0 Å². The van der Waals surface area contributed by atoms with Crippen LogP contribution in [0.2, 0.25) is 5.02 Å². The molecule has 0 unspecified atom stereocenters. The van der Waals surface area contributed by atoms with Crippen LogP contribution in [0.1, 0.15) is 21.9 Å². The van der Waals surface area contributed by atoms with E-state index in [0.29, 0.717) is 27.7 Å². The number of fused-ring (bicyclic) bond motifs is 1. The third-order valence-corrected chi connectivity index (χ3v) is 4.03. The van der Waals surface area contributed by atoms with Crippen LogP contribution < -0.4 is 5.32 Å². The summed E-state index contributed by atoms with van der Waals surface area (Å²) >= 11 is 6.10. The van der Waals surface area contributed by atoms with Gasteiger partial charge in [-0.25, -0.2) is 0 Å². The number of anilines is 1. The van der Waals surface area contributed by atoms with Crippen LogP contribution in [0.3, 0.4) is 0 Å². The second kappa shape index (κ2) is 6.60. The molecule has 0 aliphatic heterocycles. The lowest BCUT2D eigenvalue weighted by Crippen LogP contribution is -2.35. The maximum absolute atomic E-state index is 12.6. The van der Waals surface area contributed by atoms with Gasteiger partial charge in [-0.15, -0.1) is 0 Å². The Morgan fingerprint density at radius 2 is 2.08 bits per heavy atom. The number of likely N-dealkylation sites (N-methyl/N-ethyl adjacent to an activating group) is 1. The molecule has 0 aliphatic rings. The van der Waals surface area contributed by atoms with Gasteiger partial charge in [-0.3, -0.25) is 9.59 Å². The highest BCUT2D eigenvalue weighted by atomic mass is 35.5. The maximum Gasteiger partial charge on any atom is 0.290 e. The Morgan fingerprint density at radius 3 is 2.72 bits per heavy atom. The standard InChI is InChI=1S/C17H16ClN3O4/c1-9-7-13(20-25-9)19-14(22)8-21(3)17(23)15-10(2)11-5-4-6-12(18)16(11)24-15/h4-7H,8H2,1-3H3,(H,19,20,22). The van der Waals surface area contributed by atoms with Crippen molar-refractivity contribution >= 4 is 40.2 Å². The van der Waals surface area contributed by atoms with Crippen LogP contribution in [0.5, 0.6) is 0 Å². The molecule has 25 heavy (non-hydrogen) atoms. The van der Waals surface area contributed by atoms with E-state index in [0.717, 1.165) is 5.39 Å². The first kappa shape index (κ1) is 17.0. The fraction of sp³-hybridized carbons (Fsp3) is 0.235. The summed E-state index contributed by atoms with van der Waals surface area (Å²) < 4.78 is 10.5. The van der Waals surface area contributed by atoms with E-state index in [1.54, 1.807) is 32.0 Å². The number of hydrogen-bond acceptors (Lipinski definition) is 5. The van der Waals surface area contributed by atoms with Crippen molar-refractivity contribution in [1.29, 1.82) is 0 Å². The van der Waals surface area contributed by atoms with Crippen LogP contribution in [0.15, 0.2) is 33.2 Å². The summed E-state index contributed by atoms with van der Waals surface area (Å²) in [6.45, 7) is 3.34. The Kier molecular flexibility index (Phi) is 4.50. The molecule has 2 heterocycles. The number of aromatic nitrogens is 1. The molecular weight excluding hydrogens is 346 g/mol. The highest BCUT2D eigenvalue weighted by Crippen LogP contribution is 2.31. The lowest BCUT2D eigenvalue weighted by Gasteiger charge is -2.15. The van der Waals surface area contributed by atoms with Gasteiger partial charge in [0.15, 0.2) is 17.2 Å². The first-order chi connectivity index (χ1) is 11.9. The third kappa shape index (κ3) is 3.36. The molecule has 0 saturated heterocycles. The van der Waals surface area contributed by atoms with Gasteiger partial charge in [0, 0.05) is 24.1 Å². The number of carbonyl (C=O) groups excluding carboxylic acids is 2. The number of para-hydroxylation sites is 1. The highest BCUT2D eigenvalue weighted by molar-refractivity contribution is 6.35. The molecule has 8 heteroatoms. The number of halogens is 1. The number of nitrogens with zero attached hydrogens (tertiary/aromatic N) is 2. The van der Waals surface area contributed by atoms with E-state index in [1.165, 1.54) is 11.9 Å². The van der Waals surface area contributed by atoms with Crippen molar-refractivity contribution in [3.63, 3.8) is 0 Å². The van der Waals surface area contributed by atoms with Gasteiger partial charge in [0.1, 0.15) is 12.3 Å². The summed E-state index contributed by atoms with van der Waals surface area (Å²) in [6.07, 6.45) is 0. The van der Waals surface area contributed by atoms with E-state index in [-0.39, 0.29) is 12.3 Å². The second-order valence-electron chi connectivity index (χ2n) is 5.70. The molecule has 1 aromatic carbocycles. The fourth-order valence-electron chi connectivity index (χ4n) is 2.48. The molecule has 1 N–H and O–H groups in total. The van der Waals surface area contributed by atoms with Crippen molar-refractivity contribution in [3.8, 4) is 0 Å². The molecule has 2 amide bonds. The molecule has 0 aliphatic carbocycles. The average Bonchev–Trinajstić information content (AvgIpc) is 3.11. The number of benzene rings is 1. The van der Waals surface area contributed by atoms with Crippen molar-refractivity contribution in [2.75, 3.05) is 18.9 Å². The van der Waals surface area contributed by atoms with Gasteiger partial charge in [-0.2, -0.15) is 0 Å². The number of carbonyl (C=O) groups is 2. The zero-order valence-corrected chi connectivity index (χ0v) is 14.7. The molecule has 2 aromatic heterocycles. The van der Waals surface area contributed by atoms with E-state index in [1.807, 2.05) is 6.07 Å². The van der Waals surface area contributed by atoms with E-state index in [2.05, 4.69) is 10.5 Å². The minimum absolute atomic E-state index is 0.158. The van der Waals surface area contributed by atoms with Crippen molar-refractivity contribution in [2.24, 2.45) is 0 Å². The number of furan rings is 1. The lowest BCUT2D eigenvalue weighted by atomic mass is 10.1. The quantitative estimate of drug-likeness (QED) is 0.769. The molecule has 0 atom stereocenters. The van der Waals surface area contributed by atoms with Crippen LogP contribution >= 0.6 is 11.6 Å². The Balaban J connectivity index is 1.75. The summed E-state index contributed by atoms with van der Waals surface area (Å²) in [5, 5.41) is 7.44. The molecule has 3 rings (SSSR count). The first-order valence-corrected chi connectivity index (χ1v) is 7.91. The van der Waals surface area contributed by atoms with E-state index in [9.17, 15) is 9.59 Å². The first-order valence-electron chi connectivity index (χ1n) is 7.53. The maximum atomic E-state index is 12.6.